The second kappa shape index (κ2) is 5.27. The van der Waals surface area contributed by atoms with Crippen LogP contribution in [0, 0.1) is 0 Å². The Balaban J connectivity index is 2.66. The molecule has 86 valence electrons. The molecule has 0 aromatic carbocycles. The number of hydrogen-bond acceptors (Lipinski definition) is 4. The highest BCUT2D eigenvalue weighted by Gasteiger charge is 2.24. The average molecular weight is 250 g/mol. The molecule has 1 rings (SSSR count). The molecular weight excluding hydrogens is 234 g/mol. The Hall–Kier alpha value is -0.130. The SMILES string of the molecule is CC(NC(C)(CO)CO)c1csc(Cl)c1. The lowest BCUT2D eigenvalue weighted by Crippen LogP contribution is -2.49. The van der Waals surface area contributed by atoms with Crippen LogP contribution in [0.3, 0.4) is 0 Å². The van der Waals surface area contributed by atoms with E-state index in [-0.39, 0.29) is 19.3 Å². The van der Waals surface area contributed by atoms with Crippen molar-refractivity contribution in [1.82, 2.24) is 5.32 Å². The van der Waals surface area contributed by atoms with Crippen LogP contribution in [0.4, 0.5) is 0 Å². The molecule has 1 heterocycles. The van der Waals surface area contributed by atoms with Crippen LogP contribution in [0.2, 0.25) is 4.34 Å². The molecule has 1 atom stereocenters. The van der Waals surface area contributed by atoms with Gasteiger partial charge in [0.2, 0.25) is 0 Å². The Kier molecular flexibility index (Phi) is 4.55. The van der Waals surface area contributed by atoms with E-state index in [2.05, 4.69) is 5.32 Å². The fraction of sp³-hybridized carbons (Fsp3) is 0.600. The largest absolute Gasteiger partial charge is 0.394 e. The Morgan fingerprint density at radius 3 is 2.53 bits per heavy atom. The van der Waals surface area contributed by atoms with E-state index < -0.39 is 5.54 Å². The number of aliphatic hydroxyl groups is 2. The monoisotopic (exact) mass is 249 g/mol. The van der Waals surface area contributed by atoms with Gasteiger partial charge < -0.3 is 15.5 Å². The molecular formula is C10H16ClNO2S. The Labute approximate surface area is 98.7 Å². The summed E-state index contributed by atoms with van der Waals surface area (Å²) < 4.78 is 0.744. The Morgan fingerprint density at radius 2 is 2.13 bits per heavy atom. The molecule has 5 heteroatoms. The summed E-state index contributed by atoms with van der Waals surface area (Å²) in [6, 6.07) is 1.94. The molecule has 1 aromatic heterocycles. The first-order valence-corrected chi connectivity index (χ1v) is 6.00. The normalized spacial score (nSPS) is 14.2. The van der Waals surface area contributed by atoms with Crippen LogP contribution in [0.15, 0.2) is 11.4 Å². The van der Waals surface area contributed by atoms with E-state index in [9.17, 15) is 0 Å². The first-order chi connectivity index (χ1) is 7.00. The summed E-state index contributed by atoms with van der Waals surface area (Å²) in [5.74, 6) is 0. The molecule has 0 radical (unpaired) electrons. The van der Waals surface area contributed by atoms with Gasteiger partial charge >= 0.3 is 0 Å². The maximum atomic E-state index is 9.14. The molecule has 3 N–H and O–H groups in total. The fourth-order valence-corrected chi connectivity index (χ4v) is 2.28. The van der Waals surface area contributed by atoms with Crippen molar-refractivity contribution < 1.29 is 10.2 Å². The van der Waals surface area contributed by atoms with Crippen molar-refractivity contribution in [3.8, 4) is 0 Å². The number of thiophene rings is 1. The number of aliphatic hydroxyl groups excluding tert-OH is 2. The second-order valence-corrected chi connectivity index (χ2v) is 5.47. The average Bonchev–Trinajstić information content (AvgIpc) is 2.65. The van der Waals surface area contributed by atoms with E-state index in [0.29, 0.717) is 0 Å². The van der Waals surface area contributed by atoms with E-state index in [1.54, 1.807) is 6.92 Å². The van der Waals surface area contributed by atoms with Crippen molar-refractivity contribution in [3.63, 3.8) is 0 Å². The van der Waals surface area contributed by atoms with Crippen LogP contribution in [0.25, 0.3) is 0 Å². The van der Waals surface area contributed by atoms with Crippen LogP contribution in [0.1, 0.15) is 25.5 Å². The predicted octanol–water partition coefficient (Wildman–Crippen LogP) is 1.80. The third-order valence-corrected chi connectivity index (χ3v) is 3.46. The number of halogens is 1. The van der Waals surface area contributed by atoms with Crippen molar-refractivity contribution in [2.75, 3.05) is 13.2 Å². The summed E-state index contributed by atoms with van der Waals surface area (Å²) in [7, 11) is 0. The highest BCUT2D eigenvalue weighted by molar-refractivity contribution is 7.14. The minimum absolute atomic E-state index is 0.0537. The molecule has 0 saturated heterocycles. The zero-order valence-electron chi connectivity index (χ0n) is 8.83. The standard InChI is InChI=1S/C10H16ClNO2S/c1-7(8-3-9(11)15-4-8)12-10(2,5-13)6-14/h3-4,7,12-14H,5-6H2,1-2H3. The minimum atomic E-state index is -0.659. The third-order valence-electron chi connectivity index (χ3n) is 2.35. The minimum Gasteiger partial charge on any atom is -0.394 e. The molecule has 0 saturated carbocycles. The Morgan fingerprint density at radius 1 is 1.53 bits per heavy atom. The van der Waals surface area contributed by atoms with E-state index in [1.165, 1.54) is 11.3 Å². The van der Waals surface area contributed by atoms with Crippen LogP contribution >= 0.6 is 22.9 Å². The fourth-order valence-electron chi connectivity index (χ4n) is 1.30. The van der Waals surface area contributed by atoms with Crippen LogP contribution in [0.5, 0.6) is 0 Å². The van der Waals surface area contributed by atoms with Crippen molar-refractivity contribution in [3.05, 3.63) is 21.3 Å². The second-order valence-electron chi connectivity index (χ2n) is 3.93. The molecule has 0 fully saturated rings. The van der Waals surface area contributed by atoms with Gasteiger partial charge in [-0.2, -0.15) is 0 Å². The van der Waals surface area contributed by atoms with Gasteiger partial charge in [-0.25, -0.2) is 0 Å². The van der Waals surface area contributed by atoms with Crippen LogP contribution in [-0.4, -0.2) is 29.0 Å². The van der Waals surface area contributed by atoms with Crippen molar-refractivity contribution in [2.24, 2.45) is 0 Å². The zero-order chi connectivity index (χ0) is 11.5. The van der Waals surface area contributed by atoms with Crippen molar-refractivity contribution in [1.29, 1.82) is 0 Å². The van der Waals surface area contributed by atoms with E-state index in [1.807, 2.05) is 18.4 Å². The first-order valence-electron chi connectivity index (χ1n) is 4.74. The highest BCUT2D eigenvalue weighted by atomic mass is 35.5. The summed E-state index contributed by atoms with van der Waals surface area (Å²) in [5.41, 5.74) is 0.409. The number of rotatable bonds is 5. The molecule has 0 amide bonds. The molecule has 0 aliphatic rings. The summed E-state index contributed by atoms with van der Waals surface area (Å²) >= 11 is 7.31. The van der Waals surface area contributed by atoms with Gasteiger partial charge in [0.05, 0.1) is 23.1 Å². The van der Waals surface area contributed by atoms with E-state index >= 15 is 0 Å². The Bertz CT molecular complexity index is 312. The first kappa shape index (κ1) is 12.9. The van der Waals surface area contributed by atoms with E-state index in [0.717, 1.165) is 9.90 Å². The molecule has 1 aromatic rings. The van der Waals surface area contributed by atoms with Gasteiger partial charge in [-0.05, 0) is 30.9 Å². The molecule has 0 aliphatic carbocycles. The van der Waals surface area contributed by atoms with E-state index in [4.69, 9.17) is 21.8 Å². The van der Waals surface area contributed by atoms with Gasteiger partial charge in [-0.15, -0.1) is 11.3 Å². The van der Waals surface area contributed by atoms with Crippen molar-refractivity contribution in [2.45, 2.75) is 25.4 Å². The van der Waals surface area contributed by atoms with Gasteiger partial charge in [-0.3, -0.25) is 0 Å². The van der Waals surface area contributed by atoms with Gasteiger partial charge in [0.15, 0.2) is 0 Å². The lowest BCUT2D eigenvalue weighted by atomic mass is 10.0. The number of hydrogen-bond donors (Lipinski definition) is 3. The highest BCUT2D eigenvalue weighted by Crippen LogP contribution is 2.25. The molecule has 3 nitrogen and oxygen atoms in total. The van der Waals surface area contributed by atoms with Gasteiger partial charge in [0, 0.05) is 6.04 Å². The third kappa shape index (κ3) is 3.43. The quantitative estimate of drug-likeness (QED) is 0.746. The molecule has 15 heavy (non-hydrogen) atoms. The van der Waals surface area contributed by atoms with Crippen molar-refractivity contribution >= 4 is 22.9 Å². The molecule has 0 bridgehead atoms. The summed E-state index contributed by atoms with van der Waals surface area (Å²) in [6.07, 6.45) is 0. The van der Waals surface area contributed by atoms with Gasteiger partial charge in [0.1, 0.15) is 0 Å². The maximum absolute atomic E-state index is 9.14. The lowest BCUT2D eigenvalue weighted by Gasteiger charge is -2.30. The molecule has 0 aliphatic heterocycles. The van der Waals surface area contributed by atoms with Crippen LogP contribution < -0.4 is 5.32 Å². The van der Waals surface area contributed by atoms with Gasteiger partial charge in [-0.1, -0.05) is 11.6 Å². The van der Waals surface area contributed by atoms with Gasteiger partial charge in [0.25, 0.3) is 0 Å². The molecule has 1 unspecified atom stereocenters. The van der Waals surface area contributed by atoms with Crippen LogP contribution in [-0.2, 0) is 0 Å². The number of nitrogens with one attached hydrogen (secondary N) is 1. The molecule has 0 spiro atoms. The smallest absolute Gasteiger partial charge is 0.0931 e. The summed E-state index contributed by atoms with van der Waals surface area (Å²) in [5, 5.41) is 23.4. The predicted molar refractivity (Wildman–Crippen MR) is 63.5 cm³/mol. The maximum Gasteiger partial charge on any atom is 0.0931 e. The zero-order valence-corrected chi connectivity index (χ0v) is 10.4. The topological polar surface area (TPSA) is 52.5 Å². The summed E-state index contributed by atoms with van der Waals surface area (Å²) in [4.78, 5) is 0. The summed E-state index contributed by atoms with van der Waals surface area (Å²) in [6.45, 7) is 3.54. The lowest BCUT2D eigenvalue weighted by molar-refractivity contribution is 0.0958.